The molecule has 2 aromatic carbocycles. The molecule has 3 aromatic rings. The van der Waals surface area contributed by atoms with Crippen LogP contribution in [0.1, 0.15) is 23.0 Å². The molecule has 0 saturated heterocycles. The minimum atomic E-state index is -4.67. The smallest absolute Gasteiger partial charge is 0.326 e. The standard InChI is InChI=1S/C19H15F3N4O2/c1-11(27)23-14-9-5-8-13(10-14)18(28)24-17-15(12-6-3-2-4-7-12)16(25-26-17)19(20,21)22/h2-10H,1H3,(H,23,27)(H2,24,25,26,28). The van der Waals surface area contributed by atoms with E-state index in [4.69, 9.17) is 0 Å². The Hall–Kier alpha value is -3.62. The molecule has 1 aromatic heterocycles. The van der Waals surface area contributed by atoms with Gasteiger partial charge in [-0.25, -0.2) is 0 Å². The largest absolute Gasteiger partial charge is 0.433 e. The van der Waals surface area contributed by atoms with Gasteiger partial charge in [-0.15, -0.1) is 0 Å². The van der Waals surface area contributed by atoms with Gasteiger partial charge in [0.05, 0.1) is 5.56 Å². The number of nitrogens with one attached hydrogen (secondary N) is 3. The topological polar surface area (TPSA) is 86.9 Å². The van der Waals surface area contributed by atoms with Crippen molar-refractivity contribution in [2.24, 2.45) is 0 Å². The van der Waals surface area contributed by atoms with Crippen LogP contribution in [0.15, 0.2) is 54.6 Å². The summed E-state index contributed by atoms with van der Waals surface area (Å²) in [6.07, 6.45) is -4.67. The number of hydrogen-bond donors (Lipinski definition) is 3. The highest BCUT2D eigenvalue weighted by Gasteiger charge is 2.38. The number of halogens is 3. The van der Waals surface area contributed by atoms with E-state index >= 15 is 0 Å². The van der Waals surface area contributed by atoms with E-state index in [1.807, 2.05) is 5.10 Å². The summed E-state index contributed by atoms with van der Waals surface area (Å²) < 4.78 is 40.1. The molecular weight excluding hydrogens is 373 g/mol. The van der Waals surface area contributed by atoms with Crippen LogP contribution in [0.25, 0.3) is 11.1 Å². The molecule has 2 amide bonds. The number of amides is 2. The summed E-state index contributed by atoms with van der Waals surface area (Å²) >= 11 is 0. The van der Waals surface area contributed by atoms with E-state index in [2.05, 4.69) is 15.7 Å². The van der Waals surface area contributed by atoms with Crippen molar-refractivity contribution >= 4 is 23.3 Å². The van der Waals surface area contributed by atoms with Crippen LogP contribution in [0.2, 0.25) is 0 Å². The molecule has 0 bridgehead atoms. The van der Waals surface area contributed by atoms with Crippen molar-refractivity contribution in [3.05, 3.63) is 65.9 Å². The molecule has 0 atom stereocenters. The van der Waals surface area contributed by atoms with Crippen LogP contribution in [-0.2, 0) is 11.0 Å². The van der Waals surface area contributed by atoms with Gasteiger partial charge in [0.25, 0.3) is 5.91 Å². The highest BCUT2D eigenvalue weighted by Crippen LogP contribution is 2.39. The molecule has 0 aliphatic rings. The number of carbonyl (C=O) groups is 2. The van der Waals surface area contributed by atoms with Gasteiger partial charge in [-0.3, -0.25) is 14.7 Å². The van der Waals surface area contributed by atoms with E-state index in [1.165, 1.54) is 31.2 Å². The van der Waals surface area contributed by atoms with E-state index < -0.39 is 17.8 Å². The molecule has 0 aliphatic carbocycles. The number of H-pyrrole nitrogens is 1. The van der Waals surface area contributed by atoms with E-state index in [0.717, 1.165) is 0 Å². The molecule has 28 heavy (non-hydrogen) atoms. The Kier molecular flexibility index (Phi) is 5.16. The summed E-state index contributed by atoms with van der Waals surface area (Å²) in [7, 11) is 0. The van der Waals surface area contributed by atoms with Gasteiger partial charge >= 0.3 is 6.18 Å². The van der Waals surface area contributed by atoms with Crippen molar-refractivity contribution in [3.63, 3.8) is 0 Å². The summed E-state index contributed by atoms with van der Waals surface area (Å²) in [6.45, 7) is 1.32. The molecule has 1 heterocycles. The van der Waals surface area contributed by atoms with Crippen LogP contribution in [-0.4, -0.2) is 22.0 Å². The Balaban J connectivity index is 1.96. The predicted octanol–water partition coefficient (Wildman–Crippen LogP) is 4.31. The predicted molar refractivity (Wildman–Crippen MR) is 97.7 cm³/mol. The first-order valence-electron chi connectivity index (χ1n) is 8.15. The Bertz CT molecular complexity index is 1010. The summed E-state index contributed by atoms with van der Waals surface area (Å²) in [4.78, 5) is 23.7. The fourth-order valence-corrected chi connectivity index (χ4v) is 2.64. The number of rotatable bonds is 4. The summed E-state index contributed by atoms with van der Waals surface area (Å²) in [5, 5.41) is 10.5. The maximum Gasteiger partial charge on any atom is 0.433 e. The monoisotopic (exact) mass is 388 g/mol. The molecule has 6 nitrogen and oxygen atoms in total. The molecule has 0 fully saturated rings. The lowest BCUT2D eigenvalue weighted by Crippen LogP contribution is -2.14. The van der Waals surface area contributed by atoms with Gasteiger partial charge in [0, 0.05) is 18.2 Å². The number of nitrogens with zero attached hydrogens (tertiary/aromatic N) is 1. The number of carbonyl (C=O) groups excluding carboxylic acids is 2. The maximum atomic E-state index is 13.4. The third-order valence-corrected chi connectivity index (χ3v) is 3.79. The summed E-state index contributed by atoms with van der Waals surface area (Å²) in [5.74, 6) is -1.22. The molecule has 3 rings (SSSR count). The zero-order chi connectivity index (χ0) is 20.3. The molecule has 144 valence electrons. The van der Waals surface area contributed by atoms with Crippen LogP contribution in [0.4, 0.5) is 24.7 Å². The summed E-state index contributed by atoms with van der Waals surface area (Å²) in [5.41, 5.74) is -0.505. The molecule has 0 spiro atoms. The van der Waals surface area contributed by atoms with Crippen molar-refractivity contribution < 1.29 is 22.8 Å². The number of hydrogen-bond acceptors (Lipinski definition) is 3. The van der Waals surface area contributed by atoms with Crippen molar-refractivity contribution in [1.82, 2.24) is 10.2 Å². The first-order valence-corrected chi connectivity index (χ1v) is 8.15. The first-order chi connectivity index (χ1) is 13.3. The second-order valence-corrected chi connectivity index (χ2v) is 5.90. The van der Waals surface area contributed by atoms with E-state index in [1.54, 1.807) is 30.3 Å². The van der Waals surface area contributed by atoms with E-state index in [9.17, 15) is 22.8 Å². The lowest BCUT2D eigenvalue weighted by Gasteiger charge is -2.10. The first kappa shape index (κ1) is 19.2. The van der Waals surface area contributed by atoms with Crippen molar-refractivity contribution in [3.8, 4) is 11.1 Å². The SMILES string of the molecule is CC(=O)Nc1cccc(C(=O)Nc2n[nH]c(C(F)(F)F)c2-c2ccccc2)c1. The zero-order valence-electron chi connectivity index (χ0n) is 14.6. The zero-order valence-corrected chi connectivity index (χ0v) is 14.6. The molecular formula is C19H15F3N4O2. The van der Waals surface area contributed by atoms with Crippen molar-refractivity contribution in [2.45, 2.75) is 13.1 Å². The van der Waals surface area contributed by atoms with Gasteiger partial charge in [0.2, 0.25) is 5.91 Å². The molecule has 0 radical (unpaired) electrons. The third kappa shape index (κ3) is 4.20. The number of alkyl halides is 3. The lowest BCUT2D eigenvalue weighted by atomic mass is 10.0. The second-order valence-electron chi connectivity index (χ2n) is 5.90. The van der Waals surface area contributed by atoms with Gasteiger partial charge in [-0.2, -0.15) is 18.3 Å². The lowest BCUT2D eigenvalue weighted by molar-refractivity contribution is -0.140. The van der Waals surface area contributed by atoms with Crippen LogP contribution in [0, 0.1) is 0 Å². The van der Waals surface area contributed by atoms with Crippen molar-refractivity contribution in [1.29, 1.82) is 0 Å². The van der Waals surface area contributed by atoms with Crippen LogP contribution < -0.4 is 10.6 Å². The fourth-order valence-electron chi connectivity index (χ4n) is 2.64. The molecule has 0 aliphatic heterocycles. The molecule has 0 saturated carbocycles. The second kappa shape index (κ2) is 7.55. The molecule has 0 unspecified atom stereocenters. The minimum Gasteiger partial charge on any atom is -0.326 e. The van der Waals surface area contributed by atoms with Gasteiger partial charge in [0.1, 0.15) is 5.69 Å². The molecule has 9 heteroatoms. The van der Waals surface area contributed by atoms with Gasteiger partial charge in [-0.05, 0) is 23.8 Å². The van der Waals surface area contributed by atoms with Crippen molar-refractivity contribution in [2.75, 3.05) is 10.6 Å². The Morgan fingerprint density at radius 2 is 1.71 bits per heavy atom. The van der Waals surface area contributed by atoms with E-state index in [-0.39, 0.29) is 28.4 Å². The highest BCUT2D eigenvalue weighted by molar-refractivity contribution is 6.06. The Labute approximate surface area is 157 Å². The average Bonchev–Trinajstić information content (AvgIpc) is 3.06. The quantitative estimate of drug-likeness (QED) is 0.623. The van der Waals surface area contributed by atoms with Crippen LogP contribution in [0.3, 0.4) is 0 Å². The molecule has 3 N–H and O–H groups in total. The third-order valence-electron chi connectivity index (χ3n) is 3.79. The highest BCUT2D eigenvalue weighted by atomic mass is 19.4. The van der Waals surface area contributed by atoms with E-state index in [0.29, 0.717) is 5.69 Å². The van der Waals surface area contributed by atoms with Gasteiger partial charge in [0.15, 0.2) is 5.82 Å². The minimum absolute atomic E-state index is 0.154. The number of anilines is 2. The number of aromatic nitrogens is 2. The maximum absolute atomic E-state index is 13.4. The van der Waals surface area contributed by atoms with Gasteiger partial charge < -0.3 is 10.6 Å². The normalized spacial score (nSPS) is 11.1. The van der Waals surface area contributed by atoms with Gasteiger partial charge in [-0.1, -0.05) is 36.4 Å². The van der Waals surface area contributed by atoms with Crippen LogP contribution >= 0.6 is 0 Å². The summed E-state index contributed by atoms with van der Waals surface area (Å²) in [6, 6.07) is 13.9. The Morgan fingerprint density at radius 1 is 1.00 bits per heavy atom. The Morgan fingerprint density at radius 3 is 2.36 bits per heavy atom. The van der Waals surface area contributed by atoms with Crippen LogP contribution in [0.5, 0.6) is 0 Å². The number of benzene rings is 2. The number of aromatic amines is 1. The average molecular weight is 388 g/mol. The fraction of sp³-hybridized carbons (Fsp3) is 0.105.